The largest absolute Gasteiger partial charge is 0.368 e. The van der Waals surface area contributed by atoms with Crippen molar-refractivity contribution in [3.8, 4) is 0 Å². The van der Waals surface area contributed by atoms with Gasteiger partial charge in [0.1, 0.15) is 6.10 Å². The van der Waals surface area contributed by atoms with Gasteiger partial charge in [0, 0.05) is 19.5 Å². The molecule has 0 aliphatic carbocycles. The minimum Gasteiger partial charge on any atom is -0.368 e. The summed E-state index contributed by atoms with van der Waals surface area (Å²) in [7, 11) is 0. The van der Waals surface area contributed by atoms with E-state index >= 15 is 0 Å². The number of hydrogen-bond acceptors (Lipinski definition) is 3. The number of Topliss-reactive ketones (excluding diaryl/α,β-unsaturated/α-hetero) is 1. The van der Waals surface area contributed by atoms with Gasteiger partial charge in [0.25, 0.3) is 0 Å². The molecular formula is C15H29NO2. The molecule has 0 spiro atoms. The zero-order chi connectivity index (χ0) is 13.2. The molecule has 0 N–H and O–H groups in total. The van der Waals surface area contributed by atoms with Crippen molar-refractivity contribution in [2.75, 3.05) is 26.2 Å². The number of nitrogens with zero attached hydrogens (tertiary/aromatic N) is 1. The Balaban J connectivity index is 2.16. The predicted octanol–water partition coefficient (Wildman–Crippen LogP) is 3.03. The molecular weight excluding hydrogens is 226 g/mol. The number of unbranched alkanes of at least 4 members (excludes halogenated alkanes) is 4. The molecule has 0 saturated carbocycles. The SMILES string of the molecule is CCCCCCCC(=O)C1CN(CCC)CCO1. The van der Waals surface area contributed by atoms with Crippen LogP contribution in [0.25, 0.3) is 0 Å². The van der Waals surface area contributed by atoms with E-state index in [0.717, 1.165) is 32.5 Å². The van der Waals surface area contributed by atoms with Crippen LogP contribution in [0.4, 0.5) is 0 Å². The summed E-state index contributed by atoms with van der Waals surface area (Å²) in [5, 5.41) is 0. The normalized spacial score (nSPS) is 21.1. The molecule has 106 valence electrons. The first-order valence-electron chi connectivity index (χ1n) is 7.64. The van der Waals surface area contributed by atoms with Gasteiger partial charge < -0.3 is 4.74 Å². The van der Waals surface area contributed by atoms with E-state index in [2.05, 4.69) is 18.7 Å². The fourth-order valence-electron chi connectivity index (χ4n) is 2.48. The molecule has 0 aromatic rings. The molecule has 1 fully saturated rings. The minimum atomic E-state index is -0.156. The summed E-state index contributed by atoms with van der Waals surface area (Å²) in [4.78, 5) is 14.4. The topological polar surface area (TPSA) is 29.5 Å². The molecule has 0 bridgehead atoms. The number of carbonyl (C=O) groups is 1. The van der Waals surface area contributed by atoms with Crippen LogP contribution in [0, 0.1) is 0 Å². The van der Waals surface area contributed by atoms with E-state index in [0.29, 0.717) is 18.8 Å². The lowest BCUT2D eigenvalue weighted by Crippen LogP contribution is -2.46. The van der Waals surface area contributed by atoms with Crippen molar-refractivity contribution in [2.24, 2.45) is 0 Å². The number of hydrogen-bond donors (Lipinski definition) is 0. The van der Waals surface area contributed by atoms with Crippen LogP contribution in [0.5, 0.6) is 0 Å². The van der Waals surface area contributed by atoms with Gasteiger partial charge in [-0.3, -0.25) is 9.69 Å². The lowest BCUT2D eigenvalue weighted by Gasteiger charge is -2.31. The molecule has 1 heterocycles. The fraction of sp³-hybridized carbons (Fsp3) is 0.933. The van der Waals surface area contributed by atoms with Gasteiger partial charge >= 0.3 is 0 Å². The van der Waals surface area contributed by atoms with Crippen molar-refractivity contribution >= 4 is 5.78 Å². The summed E-state index contributed by atoms with van der Waals surface area (Å²) in [6, 6.07) is 0. The summed E-state index contributed by atoms with van der Waals surface area (Å²) < 4.78 is 5.60. The summed E-state index contributed by atoms with van der Waals surface area (Å²) in [6.07, 6.45) is 7.72. The van der Waals surface area contributed by atoms with E-state index in [1.54, 1.807) is 0 Å². The predicted molar refractivity (Wildman–Crippen MR) is 74.9 cm³/mol. The molecule has 1 unspecified atom stereocenters. The highest BCUT2D eigenvalue weighted by atomic mass is 16.5. The second-order valence-electron chi connectivity index (χ2n) is 5.29. The summed E-state index contributed by atoms with van der Waals surface area (Å²) in [6.45, 7) is 7.98. The summed E-state index contributed by atoms with van der Waals surface area (Å²) >= 11 is 0. The Kier molecular flexibility index (Phi) is 8.27. The number of ether oxygens (including phenoxy) is 1. The first kappa shape index (κ1) is 15.6. The molecule has 1 saturated heterocycles. The van der Waals surface area contributed by atoms with Gasteiger partial charge in [0.2, 0.25) is 0 Å². The highest BCUT2D eigenvalue weighted by Gasteiger charge is 2.25. The second kappa shape index (κ2) is 9.51. The summed E-state index contributed by atoms with van der Waals surface area (Å²) in [5.41, 5.74) is 0. The van der Waals surface area contributed by atoms with Crippen LogP contribution >= 0.6 is 0 Å². The average molecular weight is 255 g/mol. The molecule has 3 heteroatoms. The fourth-order valence-corrected chi connectivity index (χ4v) is 2.48. The monoisotopic (exact) mass is 255 g/mol. The zero-order valence-corrected chi connectivity index (χ0v) is 12.1. The number of ketones is 1. The zero-order valence-electron chi connectivity index (χ0n) is 12.1. The van der Waals surface area contributed by atoms with Crippen molar-refractivity contribution in [3.05, 3.63) is 0 Å². The van der Waals surface area contributed by atoms with Crippen LogP contribution in [0.3, 0.4) is 0 Å². The van der Waals surface area contributed by atoms with Crippen molar-refractivity contribution in [2.45, 2.75) is 64.9 Å². The number of rotatable bonds is 9. The molecule has 0 radical (unpaired) electrons. The van der Waals surface area contributed by atoms with E-state index in [1.165, 1.54) is 25.7 Å². The van der Waals surface area contributed by atoms with Gasteiger partial charge in [-0.25, -0.2) is 0 Å². The third-order valence-corrected chi connectivity index (χ3v) is 3.58. The molecule has 1 aliphatic heterocycles. The number of carbonyl (C=O) groups excluding carboxylic acids is 1. The van der Waals surface area contributed by atoms with Crippen molar-refractivity contribution in [3.63, 3.8) is 0 Å². The van der Waals surface area contributed by atoms with Crippen LogP contribution in [0.2, 0.25) is 0 Å². The Morgan fingerprint density at radius 2 is 1.94 bits per heavy atom. The van der Waals surface area contributed by atoms with Gasteiger partial charge in [-0.2, -0.15) is 0 Å². The van der Waals surface area contributed by atoms with E-state index in [-0.39, 0.29) is 6.10 Å². The maximum Gasteiger partial charge on any atom is 0.162 e. The molecule has 1 rings (SSSR count). The molecule has 0 aromatic carbocycles. The Morgan fingerprint density at radius 1 is 1.17 bits per heavy atom. The molecule has 1 atom stereocenters. The van der Waals surface area contributed by atoms with Gasteiger partial charge in [-0.05, 0) is 19.4 Å². The maximum atomic E-state index is 12.0. The highest BCUT2D eigenvalue weighted by molar-refractivity contribution is 5.83. The molecule has 18 heavy (non-hydrogen) atoms. The van der Waals surface area contributed by atoms with E-state index in [9.17, 15) is 4.79 Å². The van der Waals surface area contributed by atoms with Crippen LogP contribution in [-0.4, -0.2) is 43.0 Å². The summed E-state index contributed by atoms with van der Waals surface area (Å²) in [5.74, 6) is 0.312. The van der Waals surface area contributed by atoms with Gasteiger partial charge in [-0.15, -0.1) is 0 Å². The molecule has 0 aromatic heterocycles. The van der Waals surface area contributed by atoms with Crippen molar-refractivity contribution < 1.29 is 9.53 Å². The van der Waals surface area contributed by atoms with Crippen LogP contribution in [0.15, 0.2) is 0 Å². The molecule has 0 amide bonds. The van der Waals surface area contributed by atoms with Gasteiger partial charge in [0.05, 0.1) is 6.61 Å². The van der Waals surface area contributed by atoms with E-state index in [4.69, 9.17) is 4.74 Å². The van der Waals surface area contributed by atoms with Crippen molar-refractivity contribution in [1.82, 2.24) is 4.90 Å². The Morgan fingerprint density at radius 3 is 2.67 bits per heavy atom. The third-order valence-electron chi connectivity index (χ3n) is 3.58. The second-order valence-corrected chi connectivity index (χ2v) is 5.29. The Bertz CT molecular complexity index is 229. The van der Waals surface area contributed by atoms with E-state index < -0.39 is 0 Å². The first-order chi connectivity index (χ1) is 8.77. The maximum absolute atomic E-state index is 12.0. The standard InChI is InChI=1S/C15H29NO2/c1-3-5-6-7-8-9-14(17)15-13-16(10-4-2)11-12-18-15/h15H,3-13H2,1-2H3. The van der Waals surface area contributed by atoms with Crippen LogP contribution < -0.4 is 0 Å². The first-order valence-corrected chi connectivity index (χ1v) is 7.64. The molecule has 3 nitrogen and oxygen atoms in total. The molecule has 1 aliphatic rings. The lowest BCUT2D eigenvalue weighted by molar-refractivity contribution is -0.136. The van der Waals surface area contributed by atoms with Crippen LogP contribution in [-0.2, 0) is 9.53 Å². The lowest BCUT2D eigenvalue weighted by atomic mass is 10.0. The average Bonchev–Trinajstić information content (AvgIpc) is 2.39. The van der Waals surface area contributed by atoms with Gasteiger partial charge in [0.15, 0.2) is 5.78 Å². The van der Waals surface area contributed by atoms with Crippen molar-refractivity contribution in [1.29, 1.82) is 0 Å². The quantitative estimate of drug-likeness (QED) is 0.593. The third kappa shape index (κ3) is 5.96. The smallest absolute Gasteiger partial charge is 0.162 e. The van der Waals surface area contributed by atoms with Gasteiger partial charge in [-0.1, -0.05) is 39.5 Å². The Labute approximate surface area is 112 Å². The number of morpholine rings is 1. The Hall–Kier alpha value is -0.410. The van der Waals surface area contributed by atoms with E-state index in [1.807, 2.05) is 0 Å². The van der Waals surface area contributed by atoms with Crippen LogP contribution in [0.1, 0.15) is 58.8 Å². The minimum absolute atomic E-state index is 0.156. The highest BCUT2D eigenvalue weighted by Crippen LogP contribution is 2.12.